The van der Waals surface area contributed by atoms with Crippen molar-refractivity contribution in [1.29, 1.82) is 0 Å². The minimum absolute atomic E-state index is 0.802. The van der Waals surface area contributed by atoms with Gasteiger partial charge in [0.05, 0.1) is 0 Å². The summed E-state index contributed by atoms with van der Waals surface area (Å²) in [5.41, 5.74) is 0. The van der Waals surface area contributed by atoms with Gasteiger partial charge in [0.1, 0.15) is 0 Å². The first-order chi connectivity index (χ1) is 6.83. The largest absolute Gasteiger partial charge is 0.303 e. The van der Waals surface area contributed by atoms with E-state index in [9.17, 15) is 0 Å². The molecule has 1 aliphatic heterocycles. The van der Waals surface area contributed by atoms with E-state index in [2.05, 4.69) is 11.8 Å². The Morgan fingerprint density at radius 3 is 2.29 bits per heavy atom. The molecule has 1 fully saturated rings. The summed E-state index contributed by atoms with van der Waals surface area (Å²) in [6.45, 7) is 6.26. The highest BCUT2D eigenvalue weighted by molar-refractivity contribution is 6.17. The Morgan fingerprint density at radius 2 is 1.71 bits per heavy atom. The molecule has 0 amide bonds. The van der Waals surface area contributed by atoms with Gasteiger partial charge in [0.2, 0.25) is 0 Å². The van der Waals surface area contributed by atoms with Crippen molar-refractivity contribution < 1.29 is 0 Å². The highest BCUT2D eigenvalue weighted by Crippen LogP contribution is 2.13. The van der Waals surface area contributed by atoms with Gasteiger partial charge in [-0.3, -0.25) is 0 Å². The Kier molecular flexibility index (Phi) is 6.63. The summed E-state index contributed by atoms with van der Waals surface area (Å²) in [5, 5.41) is 0. The zero-order valence-electron chi connectivity index (χ0n) is 9.47. The molecular weight excluding hydrogens is 194 g/mol. The molecular formula is C12H24ClN. The zero-order valence-corrected chi connectivity index (χ0v) is 10.2. The van der Waals surface area contributed by atoms with Crippen molar-refractivity contribution in [2.24, 2.45) is 5.92 Å². The maximum absolute atomic E-state index is 5.73. The topological polar surface area (TPSA) is 3.24 Å². The second-order valence-corrected chi connectivity index (χ2v) is 5.01. The van der Waals surface area contributed by atoms with Crippen molar-refractivity contribution in [3.05, 3.63) is 0 Å². The molecule has 1 saturated heterocycles. The molecule has 1 unspecified atom stereocenters. The average Bonchev–Trinajstić information content (AvgIpc) is 2.43. The van der Waals surface area contributed by atoms with Crippen LogP contribution in [0.25, 0.3) is 0 Å². The monoisotopic (exact) mass is 217 g/mol. The van der Waals surface area contributed by atoms with Crippen molar-refractivity contribution >= 4 is 11.6 Å². The molecule has 1 atom stereocenters. The van der Waals surface area contributed by atoms with Gasteiger partial charge in [-0.2, -0.15) is 0 Å². The van der Waals surface area contributed by atoms with Crippen LogP contribution in [0.1, 0.15) is 45.4 Å². The molecule has 0 saturated carbocycles. The minimum Gasteiger partial charge on any atom is -0.303 e. The fourth-order valence-corrected chi connectivity index (χ4v) is 2.47. The highest BCUT2D eigenvalue weighted by atomic mass is 35.5. The first-order valence-corrected chi connectivity index (χ1v) is 6.64. The van der Waals surface area contributed by atoms with Gasteiger partial charge in [-0.1, -0.05) is 19.8 Å². The predicted molar refractivity (Wildman–Crippen MR) is 64.0 cm³/mol. The number of nitrogens with zero attached hydrogens (tertiary/aromatic N) is 1. The van der Waals surface area contributed by atoms with E-state index in [4.69, 9.17) is 11.6 Å². The summed E-state index contributed by atoms with van der Waals surface area (Å²) in [6, 6.07) is 0. The molecule has 0 N–H and O–H groups in total. The maximum atomic E-state index is 5.73. The third kappa shape index (κ3) is 5.21. The number of likely N-dealkylation sites (tertiary alicyclic amines) is 1. The summed E-state index contributed by atoms with van der Waals surface area (Å²) in [7, 11) is 0. The van der Waals surface area contributed by atoms with Gasteiger partial charge in [-0.15, -0.1) is 11.6 Å². The van der Waals surface area contributed by atoms with Gasteiger partial charge in [0, 0.05) is 5.88 Å². The first-order valence-electron chi connectivity index (χ1n) is 6.11. The lowest BCUT2D eigenvalue weighted by atomic mass is 10.1. The van der Waals surface area contributed by atoms with E-state index in [1.807, 2.05) is 0 Å². The molecule has 0 aromatic heterocycles. The molecule has 0 bridgehead atoms. The van der Waals surface area contributed by atoms with Crippen LogP contribution in [0, 0.1) is 5.92 Å². The molecule has 0 aliphatic carbocycles. The van der Waals surface area contributed by atoms with Crippen molar-refractivity contribution in [3.63, 3.8) is 0 Å². The molecule has 1 nitrogen and oxygen atoms in total. The van der Waals surface area contributed by atoms with E-state index in [-0.39, 0.29) is 0 Å². The van der Waals surface area contributed by atoms with Gasteiger partial charge in [-0.05, 0) is 51.2 Å². The summed E-state index contributed by atoms with van der Waals surface area (Å²) in [4.78, 5) is 2.64. The van der Waals surface area contributed by atoms with Crippen LogP contribution in [0.4, 0.5) is 0 Å². The fraction of sp³-hybridized carbons (Fsp3) is 1.00. The quantitative estimate of drug-likeness (QED) is 0.637. The van der Waals surface area contributed by atoms with E-state index in [1.165, 1.54) is 58.2 Å². The van der Waals surface area contributed by atoms with Crippen LogP contribution < -0.4 is 0 Å². The van der Waals surface area contributed by atoms with Crippen molar-refractivity contribution in [2.45, 2.75) is 45.4 Å². The van der Waals surface area contributed by atoms with E-state index < -0.39 is 0 Å². The Bertz CT molecular complexity index is 130. The second-order valence-electron chi connectivity index (χ2n) is 4.63. The highest BCUT2D eigenvalue weighted by Gasteiger charge is 2.10. The molecule has 1 aliphatic rings. The number of hydrogen-bond donors (Lipinski definition) is 0. The van der Waals surface area contributed by atoms with Crippen LogP contribution >= 0.6 is 11.6 Å². The first kappa shape index (κ1) is 12.3. The third-order valence-electron chi connectivity index (χ3n) is 3.24. The Hall–Kier alpha value is 0.250. The molecule has 1 heterocycles. The van der Waals surface area contributed by atoms with Crippen molar-refractivity contribution in [2.75, 3.05) is 25.5 Å². The summed E-state index contributed by atoms with van der Waals surface area (Å²) in [6.07, 6.45) is 8.19. The maximum Gasteiger partial charge on any atom is 0.0225 e. The van der Waals surface area contributed by atoms with Crippen LogP contribution in [0.2, 0.25) is 0 Å². The van der Waals surface area contributed by atoms with E-state index in [1.54, 1.807) is 0 Å². The molecule has 14 heavy (non-hydrogen) atoms. The predicted octanol–water partition coefficient (Wildman–Crippen LogP) is 3.52. The zero-order chi connectivity index (χ0) is 10.2. The fourth-order valence-electron chi connectivity index (χ4n) is 2.09. The summed E-state index contributed by atoms with van der Waals surface area (Å²) < 4.78 is 0. The minimum atomic E-state index is 0.802. The SMILES string of the molecule is CC(CCCl)CCN1CCCCCC1. The average molecular weight is 218 g/mol. The van der Waals surface area contributed by atoms with Crippen molar-refractivity contribution in [3.8, 4) is 0 Å². The molecule has 0 radical (unpaired) electrons. The number of halogens is 1. The van der Waals surface area contributed by atoms with Gasteiger partial charge >= 0.3 is 0 Å². The van der Waals surface area contributed by atoms with Gasteiger partial charge in [0.25, 0.3) is 0 Å². The molecule has 1 rings (SSSR count). The lowest BCUT2D eigenvalue weighted by molar-refractivity contribution is 0.263. The van der Waals surface area contributed by atoms with Crippen LogP contribution in [0.3, 0.4) is 0 Å². The van der Waals surface area contributed by atoms with Crippen LogP contribution in [-0.2, 0) is 0 Å². The number of alkyl halides is 1. The molecule has 0 aromatic rings. The molecule has 0 spiro atoms. The smallest absolute Gasteiger partial charge is 0.0225 e. The Morgan fingerprint density at radius 1 is 1.07 bits per heavy atom. The van der Waals surface area contributed by atoms with Crippen molar-refractivity contribution in [1.82, 2.24) is 4.90 Å². The normalized spacial score (nSPS) is 21.9. The van der Waals surface area contributed by atoms with Crippen LogP contribution in [0.5, 0.6) is 0 Å². The van der Waals surface area contributed by atoms with E-state index >= 15 is 0 Å². The second kappa shape index (κ2) is 7.53. The molecule has 0 aromatic carbocycles. The van der Waals surface area contributed by atoms with Crippen LogP contribution in [-0.4, -0.2) is 30.4 Å². The Balaban J connectivity index is 2.09. The number of hydrogen-bond acceptors (Lipinski definition) is 1. The van der Waals surface area contributed by atoms with Gasteiger partial charge < -0.3 is 4.90 Å². The number of rotatable bonds is 5. The molecule has 84 valence electrons. The summed E-state index contributed by atoms with van der Waals surface area (Å²) in [5.74, 6) is 1.62. The lowest BCUT2D eigenvalue weighted by Crippen LogP contribution is -2.26. The standard InChI is InChI=1S/C12H24ClN/c1-12(6-8-13)7-11-14-9-4-2-3-5-10-14/h12H,2-11H2,1H3. The summed E-state index contributed by atoms with van der Waals surface area (Å²) >= 11 is 5.73. The van der Waals surface area contributed by atoms with Gasteiger partial charge in [0.15, 0.2) is 0 Å². The Labute approximate surface area is 93.8 Å². The van der Waals surface area contributed by atoms with E-state index in [0.717, 1.165) is 11.8 Å². The van der Waals surface area contributed by atoms with Gasteiger partial charge in [-0.25, -0.2) is 0 Å². The third-order valence-corrected chi connectivity index (χ3v) is 3.46. The van der Waals surface area contributed by atoms with Crippen LogP contribution in [0.15, 0.2) is 0 Å². The lowest BCUT2D eigenvalue weighted by Gasteiger charge is -2.21. The van der Waals surface area contributed by atoms with E-state index in [0.29, 0.717) is 0 Å². The molecule has 2 heteroatoms.